The molecule has 2 unspecified atom stereocenters. The topological polar surface area (TPSA) is 70.6 Å². The smallest absolute Gasteiger partial charge is 0.234 e. The van der Waals surface area contributed by atoms with Crippen LogP contribution in [-0.2, 0) is 9.53 Å². The highest BCUT2D eigenvalue weighted by atomic mass is 35.5. The summed E-state index contributed by atoms with van der Waals surface area (Å²) in [5.41, 5.74) is 0.185. The number of benzene rings is 1. The van der Waals surface area contributed by atoms with Crippen LogP contribution in [0, 0.1) is 5.82 Å². The minimum Gasteiger partial charge on any atom is -0.386 e. The van der Waals surface area contributed by atoms with E-state index in [1.807, 2.05) is 0 Å². The largest absolute Gasteiger partial charge is 0.386 e. The van der Waals surface area contributed by atoms with Crippen LogP contribution in [0.25, 0.3) is 0 Å². The molecule has 7 heteroatoms. The number of hydrogen-bond donors (Lipinski definition) is 3. The monoisotopic (exact) mass is 332 g/mol. The van der Waals surface area contributed by atoms with Crippen molar-refractivity contribution >= 4 is 18.3 Å². The first-order valence-electron chi connectivity index (χ1n) is 7.18. The van der Waals surface area contributed by atoms with Crippen molar-refractivity contribution < 1.29 is 19.0 Å². The van der Waals surface area contributed by atoms with Crippen molar-refractivity contribution in [1.82, 2.24) is 10.6 Å². The molecular formula is C15H22ClFN2O3. The summed E-state index contributed by atoms with van der Waals surface area (Å²) in [6.07, 6.45) is 1.21. The van der Waals surface area contributed by atoms with Gasteiger partial charge in [0.05, 0.1) is 18.8 Å². The highest BCUT2D eigenvalue weighted by molar-refractivity contribution is 5.85. The maximum absolute atomic E-state index is 13.4. The Bertz CT molecular complexity index is 470. The van der Waals surface area contributed by atoms with E-state index in [2.05, 4.69) is 10.6 Å². The van der Waals surface area contributed by atoms with Gasteiger partial charge in [-0.15, -0.1) is 12.4 Å². The number of ether oxygens (including phenoxy) is 1. The second-order valence-corrected chi connectivity index (χ2v) is 5.11. The third-order valence-electron chi connectivity index (χ3n) is 3.44. The number of rotatable bonds is 7. The molecule has 1 aliphatic heterocycles. The molecule has 0 aliphatic carbocycles. The van der Waals surface area contributed by atoms with E-state index >= 15 is 0 Å². The molecule has 0 aromatic heterocycles. The molecule has 1 aromatic carbocycles. The van der Waals surface area contributed by atoms with Gasteiger partial charge in [-0.2, -0.15) is 0 Å². The Balaban J connectivity index is 0.00000242. The van der Waals surface area contributed by atoms with Crippen molar-refractivity contribution in [3.8, 4) is 0 Å². The second-order valence-electron chi connectivity index (χ2n) is 5.11. The molecule has 1 saturated heterocycles. The van der Waals surface area contributed by atoms with E-state index in [-0.39, 0.29) is 43.1 Å². The standard InChI is InChI=1S/C15H21FN2O3.ClH/c16-13-6-2-1-5-12(13)14(19)9-18-15(20)10-17-8-11-4-3-7-21-11;/h1-2,5-6,11,14,17,19H,3-4,7-10H2,(H,18,20);1H. The summed E-state index contributed by atoms with van der Waals surface area (Å²) >= 11 is 0. The summed E-state index contributed by atoms with van der Waals surface area (Å²) in [4.78, 5) is 11.6. The zero-order valence-electron chi connectivity index (χ0n) is 12.3. The minimum absolute atomic E-state index is 0. The van der Waals surface area contributed by atoms with Crippen molar-refractivity contribution in [3.05, 3.63) is 35.6 Å². The number of carbonyl (C=O) groups is 1. The molecule has 2 atom stereocenters. The van der Waals surface area contributed by atoms with Crippen molar-refractivity contribution in [2.45, 2.75) is 25.0 Å². The minimum atomic E-state index is -1.05. The number of nitrogens with one attached hydrogen (secondary N) is 2. The van der Waals surface area contributed by atoms with Gasteiger partial charge in [-0.3, -0.25) is 4.79 Å². The summed E-state index contributed by atoms with van der Waals surface area (Å²) in [5.74, 6) is -0.709. The average molecular weight is 333 g/mol. The molecule has 0 spiro atoms. The van der Waals surface area contributed by atoms with Crippen molar-refractivity contribution in [2.24, 2.45) is 0 Å². The van der Waals surface area contributed by atoms with Gasteiger partial charge in [0.15, 0.2) is 0 Å². The average Bonchev–Trinajstić information content (AvgIpc) is 2.98. The Kier molecular flexibility index (Phi) is 8.34. The summed E-state index contributed by atoms with van der Waals surface area (Å²) in [7, 11) is 0. The van der Waals surface area contributed by atoms with E-state index in [4.69, 9.17) is 4.74 Å². The lowest BCUT2D eigenvalue weighted by molar-refractivity contribution is -0.120. The quantitative estimate of drug-likeness (QED) is 0.701. The molecule has 2 rings (SSSR count). The van der Waals surface area contributed by atoms with Crippen molar-refractivity contribution in [3.63, 3.8) is 0 Å². The molecule has 1 amide bonds. The Hall–Kier alpha value is -1.21. The number of halogens is 2. The summed E-state index contributed by atoms with van der Waals surface area (Å²) in [6.45, 7) is 1.57. The molecule has 1 aliphatic rings. The van der Waals surface area contributed by atoms with Gasteiger partial charge in [0, 0.05) is 25.3 Å². The third-order valence-corrected chi connectivity index (χ3v) is 3.44. The van der Waals surface area contributed by atoms with Crippen LogP contribution in [0.1, 0.15) is 24.5 Å². The number of hydrogen-bond acceptors (Lipinski definition) is 4. The fourth-order valence-corrected chi connectivity index (χ4v) is 2.28. The van der Waals surface area contributed by atoms with Crippen LogP contribution in [0.5, 0.6) is 0 Å². The van der Waals surface area contributed by atoms with E-state index in [0.717, 1.165) is 19.4 Å². The van der Waals surface area contributed by atoms with E-state index in [0.29, 0.717) is 6.54 Å². The molecule has 0 bridgehead atoms. The first-order valence-corrected chi connectivity index (χ1v) is 7.18. The van der Waals surface area contributed by atoms with Crippen LogP contribution >= 0.6 is 12.4 Å². The van der Waals surface area contributed by atoms with Crippen LogP contribution < -0.4 is 10.6 Å². The highest BCUT2D eigenvalue weighted by Crippen LogP contribution is 2.15. The molecule has 22 heavy (non-hydrogen) atoms. The first-order chi connectivity index (χ1) is 10.2. The maximum Gasteiger partial charge on any atom is 0.234 e. The van der Waals surface area contributed by atoms with Crippen molar-refractivity contribution in [1.29, 1.82) is 0 Å². The SMILES string of the molecule is Cl.O=C(CNCC1CCCO1)NCC(O)c1ccccc1F. The predicted molar refractivity (Wildman–Crippen MR) is 83.5 cm³/mol. The number of amides is 1. The Morgan fingerprint density at radius 3 is 2.91 bits per heavy atom. The molecule has 0 saturated carbocycles. The van der Waals surface area contributed by atoms with Crippen LogP contribution in [0.2, 0.25) is 0 Å². The molecule has 1 aromatic rings. The molecule has 124 valence electrons. The number of aliphatic hydroxyl groups is 1. The van der Waals surface area contributed by atoms with Gasteiger partial charge in [0.1, 0.15) is 5.82 Å². The lowest BCUT2D eigenvalue weighted by Crippen LogP contribution is -2.38. The summed E-state index contributed by atoms with van der Waals surface area (Å²) < 4.78 is 18.9. The second kappa shape index (κ2) is 9.74. The molecule has 0 radical (unpaired) electrons. The molecular weight excluding hydrogens is 311 g/mol. The van der Waals surface area contributed by atoms with Crippen LogP contribution in [-0.4, -0.2) is 43.4 Å². The predicted octanol–water partition coefficient (Wildman–Crippen LogP) is 1.17. The zero-order chi connectivity index (χ0) is 15.1. The molecule has 1 fully saturated rings. The van der Waals surface area contributed by atoms with Crippen molar-refractivity contribution in [2.75, 3.05) is 26.2 Å². The lowest BCUT2D eigenvalue weighted by atomic mass is 10.1. The summed E-state index contributed by atoms with van der Waals surface area (Å²) in [6, 6.07) is 5.98. The summed E-state index contributed by atoms with van der Waals surface area (Å²) in [5, 5.41) is 15.4. The fraction of sp³-hybridized carbons (Fsp3) is 0.533. The van der Waals surface area contributed by atoms with Gasteiger partial charge in [0.25, 0.3) is 0 Å². The van der Waals surface area contributed by atoms with Gasteiger partial charge in [0.2, 0.25) is 5.91 Å². The maximum atomic E-state index is 13.4. The molecule has 3 N–H and O–H groups in total. The Labute approximate surface area is 135 Å². The van der Waals surface area contributed by atoms with Crippen LogP contribution in [0.15, 0.2) is 24.3 Å². The van der Waals surface area contributed by atoms with E-state index in [9.17, 15) is 14.3 Å². The van der Waals surface area contributed by atoms with Gasteiger partial charge in [-0.05, 0) is 18.9 Å². The van der Waals surface area contributed by atoms with E-state index < -0.39 is 11.9 Å². The van der Waals surface area contributed by atoms with Gasteiger partial charge in [-0.1, -0.05) is 18.2 Å². The molecule has 5 nitrogen and oxygen atoms in total. The highest BCUT2D eigenvalue weighted by Gasteiger charge is 2.16. The fourth-order valence-electron chi connectivity index (χ4n) is 2.28. The zero-order valence-corrected chi connectivity index (χ0v) is 13.1. The number of carbonyl (C=O) groups excluding carboxylic acids is 1. The van der Waals surface area contributed by atoms with E-state index in [1.165, 1.54) is 12.1 Å². The van der Waals surface area contributed by atoms with Gasteiger partial charge in [-0.25, -0.2) is 4.39 Å². The van der Waals surface area contributed by atoms with Crippen LogP contribution in [0.4, 0.5) is 4.39 Å². The Morgan fingerprint density at radius 1 is 1.45 bits per heavy atom. The van der Waals surface area contributed by atoms with E-state index in [1.54, 1.807) is 12.1 Å². The normalized spacial score (nSPS) is 18.5. The Morgan fingerprint density at radius 2 is 2.23 bits per heavy atom. The number of aliphatic hydroxyl groups excluding tert-OH is 1. The lowest BCUT2D eigenvalue weighted by Gasteiger charge is -2.14. The third kappa shape index (κ3) is 5.88. The molecule has 1 heterocycles. The first kappa shape index (κ1) is 18.8. The van der Waals surface area contributed by atoms with Gasteiger partial charge < -0.3 is 20.5 Å². The van der Waals surface area contributed by atoms with Crippen LogP contribution in [0.3, 0.4) is 0 Å². The van der Waals surface area contributed by atoms with Gasteiger partial charge >= 0.3 is 0 Å².